The van der Waals surface area contributed by atoms with Crippen LogP contribution in [0.5, 0.6) is 11.5 Å². The monoisotopic (exact) mass is 221 g/mol. The highest BCUT2D eigenvalue weighted by atomic mass is 16.5. The quantitative estimate of drug-likeness (QED) is 0.818. The number of rotatable bonds is 4. The van der Waals surface area contributed by atoms with Gasteiger partial charge in [-0.3, -0.25) is 0 Å². The molecule has 1 saturated carbocycles. The van der Waals surface area contributed by atoms with Gasteiger partial charge in [-0.2, -0.15) is 0 Å². The highest BCUT2D eigenvalue weighted by molar-refractivity contribution is 5.44. The molecule has 1 unspecified atom stereocenters. The van der Waals surface area contributed by atoms with E-state index < -0.39 is 0 Å². The molecule has 1 fully saturated rings. The van der Waals surface area contributed by atoms with E-state index in [2.05, 4.69) is 6.92 Å². The molecule has 0 radical (unpaired) electrons. The van der Waals surface area contributed by atoms with Gasteiger partial charge in [-0.25, -0.2) is 0 Å². The summed E-state index contributed by atoms with van der Waals surface area (Å²) in [7, 11) is 1.55. The fourth-order valence-electron chi connectivity index (χ4n) is 2.29. The summed E-state index contributed by atoms with van der Waals surface area (Å²) >= 11 is 0. The minimum atomic E-state index is -0.0102. The molecule has 2 rings (SSSR count). The van der Waals surface area contributed by atoms with Crippen LogP contribution >= 0.6 is 0 Å². The average molecular weight is 221 g/mol. The van der Waals surface area contributed by atoms with Crippen LogP contribution in [0.3, 0.4) is 0 Å². The number of aromatic hydroxyl groups is 1. The SMILES string of the molecule is COc1ccc(C(C)(CN)C2CC2)cc1O. The second-order valence-electron chi connectivity index (χ2n) is 4.78. The van der Waals surface area contributed by atoms with Gasteiger partial charge in [0, 0.05) is 12.0 Å². The normalized spacial score (nSPS) is 19.2. The van der Waals surface area contributed by atoms with Crippen molar-refractivity contribution in [2.45, 2.75) is 25.2 Å². The maximum absolute atomic E-state index is 9.79. The minimum Gasteiger partial charge on any atom is -0.504 e. The summed E-state index contributed by atoms with van der Waals surface area (Å²) in [4.78, 5) is 0. The van der Waals surface area contributed by atoms with E-state index in [1.54, 1.807) is 19.2 Å². The van der Waals surface area contributed by atoms with E-state index in [1.807, 2.05) is 6.07 Å². The Bertz CT molecular complexity index is 388. The highest BCUT2D eigenvalue weighted by Crippen LogP contribution is 2.47. The fourth-order valence-corrected chi connectivity index (χ4v) is 2.29. The molecular weight excluding hydrogens is 202 g/mol. The first kappa shape index (κ1) is 11.3. The maximum atomic E-state index is 9.79. The number of benzene rings is 1. The Morgan fingerprint density at radius 3 is 2.62 bits per heavy atom. The molecular formula is C13H19NO2. The Labute approximate surface area is 96.2 Å². The van der Waals surface area contributed by atoms with Crippen LogP contribution in [0.15, 0.2) is 18.2 Å². The largest absolute Gasteiger partial charge is 0.504 e. The van der Waals surface area contributed by atoms with E-state index in [9.17, 15) is 5.11 Å². The van der Waals surface area contributed by atoms with Gasteiger partial charge in [-0.05, 0) is 36.5 Å². The number of phenolic OH excluding ortho intramolecular Hbond substituents is 1. The Morgan fingerprint density at radius 1 is 1.50 bits per heavy atom. The van der Waals surface area contributed by atoms with Crippen molar-refractivity contribution in [2.75, 3.05) is 13.7 Å². The molecule has 3 N–H and O–H groups in total. The first-order valence-electron chi connectivity index (χ1n) is 5.69. The van der Waals surface area contributed by atoms with Crippen molar-refractivity contribution in [2.24, 2.45) is 11.7 Å². The van der Waals surface area contributed by atoms with Crippen molar-refractivity contribution in [1.82, 2.24) is 0 Å². The zero-order valence-corrected chi connectivity index (χ0v) is 9.86. The van der Waals surface area contributed by atoms with Gasteiger partial charge < -0.3 is 15.6 Å². The van der Waals surface area contributed by atoms with Crippen molar-refractivity contribution < 1.29 is 9.84 Å². The van der Waals surface area contributed by atoms with E-state index >= 15 is 0 Å². The van der Waals surface area contributed by atoms with E-state index in [4.69, 9.17) is 10.5 Å². The lowest BCUT2D eigenvalue weighted by Gasteiger charge is -2.29. The third-order valence-corrected chi connectivity index (χ3v) is 3.74. The smallest absolute Gasteiger partial charge is 0.160 e. The number of methoxy groups -OCH3 is 1. The summed E-state index contributed by atoms with van der Waals surface area (Å²) in [6.07, 6.45) is 2.47. The number of hydrogen-bond donors (Lipinski definition) is 2. The number of nitrogens with two attached hydrogens (primary N) is 1. The summed E-state index contributed by atoms with van der Waals surface area (Å²) in [6.45, 7) is 2.79. The molecule has 0 amide bonds. The van der Waals surface area contributed by atoms with Crippen LogP contribution in [-0.2, 0) is 5.41 Å². The van der Waals surface area contributed by atoms with Gasteiger partial charge in [0.15, 0.2) is 11.5 Å². The second-order valence-corrected chi connectivity index (χ2v) is 4.78. The number of ether oxygens (including phenoxy) is 1. The lowest BCUT2D eigenvalue weighted by molar-refractivity contribution is 0.368. The molecule has 1 aromatic carbocycles. The van der Waals surface area contributed by atoms with Gasteiger partial charge in [-0.15, -0.1) is 0 Å². The molecule has 1 aliphatic rings. The van der Waals surface area contributed by atoms with E-state index in [1.165, 1.54) is 12.8 Å². The molecule has 0 bridgehead atoms. The van der Waals surface area contributed by atoms with Gasteiger partial charge >= 0.3 is 0 Å². The molecule has 1 aliphatic carbocycles. The lowest BCUT2D eigenvalue weighted by Crippen LogP contribution is -2.34. The minimum absolute atomic E-state index is 0.0102. The van der Waals surface area contributed by atoms with Crippen molar-refractivity contribution in [1.29, 1.82) is 0 Å². The van der Waals surface area contributed by atoms with Crippen LogP contribution in [0.4, 0.5) is 0 Å². The van der Waals surface area contributed by atoms with Gasteiger partial charge in [0.1, 0.15) is 0 Å². The van der Waals surface area contributed by atoms with Gasteiger partial charge in [0.05, 0.1) is 7.11 Å². The summed E-state index contributed by atoms with van der Waals surface area (Å²) < 4.78 is 5.04. The third-order valence-electron chi connectivity index (χ3n) is 3.74. The molecule has 88 valence electrons. The molecule has 0 aliphatic heterocycles. The predicted octanol–water partition coefficient (Wildman–Crippen LogP) is 2.03. The molecule has 1 atom stereocenters. The van der Waals surface area contributed by atoms with Crippen molar-refractivity contribution >= 4 is 0 Å². The third kappa shape index (κ3) is 1.76. The Balaban J connectivity index is 2.35. The molecule has 0 saturated heterocycles. The van der Waals surface area contributed by atoms with Gasteiger partial charge in [-0.1, -0.05) is 13.0 Å². The second kappa shape index (κ2) is 3.98. The van der Waals surface area contributed by atoms with Crippen LogP contribution in [-0.4, -0.2) is 18.8 Å². The van der Waals surface area contributed by atoms with Crippen LogP contribution in [0.25, 0.3) is 0 Å². The average Bonchev–Trinajstić information content (AvgIpc) is 3.12. The summed E-state index contributed by atoms with van der Waals surface area (Å²) in [5, 5.41) is 9.79. The van der Waals surface area contributed by atoms with Gasteiger partial charge in [0.2, 0.25) is 0 Å². The summed E-state index contributed by atoms with van der Waals surface area (Å²) in [6, 6.07) is 5.59. The molecule has 3 heteroatoms. The van der Waals surface area contributed by atoms with E-state index in [0.717, 1.165) is 5.56 Å². The Hall–Kier alpha value is -1.22. The first-order chi connectivity index (χ1) is 7.61. The van der Waals surface area contributed by atoms with Crippen molar-refractivity contribution in [3.05, 3.63) is 23.8 Å². The summed E-state index contributed by atoms with van der Waals surface area (Å²) in [5.74, 6) is 1.37. The van der Waals surface area contributed by atoms with Crippen molar-refractivity contribution in [3.63, 3.8) is 0 Å². The Morgan fingerprint density at radius 2 is 2.19 bits per heavy atom. The van der Waals surface area contributed by atoms with Crippen LogP contribution in [0, 0.1) is 5.92 Å². The van der Waals surface area contributed by atoms with Crippen molar-refractivity contribution in [3.8, 4) is 11.5 Å². The molecule has 0 heterocycles. The summed E-state index contributed by atoms with van der Waals surface area (Å²) in [5.41, 5.74) is 6.98. The van der Waals surface area contributed by atoms with E-state index in [-0.39, 0.29) is 11.2 Å². The zero-order chi connectivity index (χ0) is 11.8. The van der Waals surface area contributed by atoms with Crippen LogP contribution < -0.4 is 10.5 Å². The molecule has 0 spiro atoms. The fraction of sp³-hybridized carbons (Fsp3) is 0.538. The Kier molecular flexibility index (Phi) is 2.80. The molecule has 0 aromatic heterocycles. The molecule has 3 nitrogen and oxygen atoms in total. The maximum Gasteiger partial charge on any atom is 0.160 e. The lowest BCUT2D eigenvalue weighted by atomic mass is 9.78. The topological polar surface area (TPSA) is 55.5 Å². The first-order valence-corrected chi connectivity index (χ1v) is 5.69. The number of hydrogen-bond acceptors (Lipinski definition) is 3. The predicted molar refractivity (Wildman–Crippen MR) is 63.8 cm³/mol. The van der Waals surface area contributed by atoms with Crippen LogP contribution in [0.2, 0.25) is 0 Å². The number of phenols is 1. The molecule has 1 aromatic rings. The highest BCUT2D eigenvalue weighted by Gasteiger charge is 2.41. The standard InChI is InChI=1S/C13H19NO2/c1-13(8-14,9-3-4-9)10-5-6-12(16-2)11(15)7-10/h5-7,9,15H,3-4,8,14H2,1-2H3. The molecule has 16 heavy (non-hydrogen) atoms. The van der Waals surface area contributed by atoms with Gasteiger partial charge in [0.25, 0.3) is 0 Å². The van der Waals surface area contributed by atoms with E-state index in [0.29, 0.717) is 18.2 Å². The zero-order valence-electron chi connectivity index (χ0n) is 9.86. The van der Waals surface area contributed by atoms with Crippen LogP contribution in [0.1, 0.15) is 25.3 Å².